The Hall–Kier alpha value is -1.22. The van der Waals surface area contributed by atoms with Crippen molar-refractivity contribution in [2.75, 3.05) is 19.3 Å². The van der Waals surface area contributed by atoms with Crippen LogP contribution in [0.25, 0.3) is 0 Å². The van der Waals surface area contributed by atoms with Crippen LogP contribution in [0.1, 0.15) is 42.5 Å². The van der Waals surface area contributed by atoms with E-state index in [4.69, 9.17) is 17.3 Å². The van der Waals surface area contributed by atoms with Gasteiger partial charge in [0.2, 0.25) is 0 Å². The summed E-state index contributed by atoms with van der Waals surface area (Å²) >= 11 is 5.93. The normalized spacial score (nSPS) is 16.3. The molecule has 2 N–H and O–H groups in total. The number of rotatable bonds is 3. The minimum atomic E-state index is -0.0365. The fourth-order valence-corrected chi connectivity index (χ4v) is 2.93. The van der Waals surface area contributed by atoms with E-state index in [2.05, 4.69) is 0 Å². The van der Waals surface area contributed by atoms with Crippen LogP contribution in [0, 0.1) is 5.92 Å². The number of hydrogen-bond acceptors (Lipinski definition) is 2. The van der Waals surface area contributed by atoms with E-state index in [1.54, 1.807) is 23.1 Å². The maximum Gasteiger partial charge on any atom is 0.255 e. The van der Waals surface area contributed by atoms with Gasteiger partial charge in [-0.1, -0.05) is 30.9 Å². The molecular weight excluding hydrogens is 260 g/mol. The van der Waals surface area contributed by atoms with Crippen LogP contribution in [0.2, 0.25) is 5.02 Å². The predicted molar refractivity (Wildman–Crippen MR) is 79.4 cm³/mol. The van der Waals surface area contributed by atoms with E-state index in [0.29, 0.717) is 22.2 Å². The van der Waals surface area contributed by atoms with Crippen molar-refractivity contribution in [3.05, 3.63) is 28.8 Å². The highest BCUT2D eigenvalue weighted by molar-refractivity contribution is 6.31. The second-order valence-electron chi connectivity index (χ2n) is 5.42. The number of nitrogens with two attached hydrogens (primary N) is 1. The number of nitrogen functional groups attached to an aromatic ring is 1. The van der Waals surface area contributed by atoms with Crippen molar-refractivity contribution in [2.45, 2.75) is 32.1 Å². The molecule has 3 nitrogen and oxygen atoms in total. The first-order chi connectivity index (χ1) is 9.08. The minimum absolute atomic E-state index is 0.0365. The Balaban J connectivity index is 2.03. The molecule has 0 heterocycles. The van der Waals surface area contributed by atoms with E-state index in [9.17, 15) is 4.79 Å². The van der Waals surface area contributed by atoms with Crippen molar-refractivity contribution in [3.8, 4) is 0 Å². The molecule has 0 spiro atoms. The smallest absolute Gasteiger partial charge is 0.255 e. The van der Waals surface area contributed by atoms with Crippen molar-refractivity contribution >= 4 is 23.2 Å². The summed E-state index contributed by atoms with van der Waals surface area (Å²) in [7, 11) is 1.84. The van der Waals surface area contributed by atoms with E-state index < -0.39 is 0 Å². The Morgan fingerprint density at radius 2 is 2.05 bits per heavy atom. The van der Waals surface area contributed by atoms with Gasteiger partial charge in [-0.15, -0.1) is 0 Å². The summed E-state index contributed by atoms with van der Waals surface area (Å²) in [5.41, 5.74) is 6.85. The van der Waals surface area contributed by atoms with Crippen LogP contribution >= 0.6 is 11.6 Å². The molecule has 104 valence electrons. The van der Waals surface area contributed by atoms with Gasteiger partial charge in [0, 0.05) is 24.3 Å². The lowest BCUT2D eigenvalue weighted by Crippen LogP contribution is -2.33. The highest BCUT2D eigenvalue weighted by Crippen LogP contribution is 2.25. The van der Waals surface area contributed by atoms with Gasteiger partial charge in [0.1, 0.15) is 0 Å². The van der Waals surface area contributed by atoms with Gasteiger partial charge in [0.15, 0.2) is 0 Å². The molecular formula is C15H21ClN2O. The molecule has 1 aromatic carbocycles. The molecule has 1 saturated carbocycles. The predicted octanol–water partition coefficient (Wildman–Crippen LogP) is 3.57. The molecule has 0 aromatic heterocycles. The van der Waals surface area contributed by atoms with Gasteiger partial charge in [0.25, 0.3) is 5.91 Å². The van der Waals surface area contributed by atoms with Crippen LogP contribution in [0.3, 0.4) is 0 Å². The molecule has 0 bridgehead atoms. The fraction of sp³-hybridized carbons (Fsp3) is 0.533. The monoisotopic (exact) mass is 280 g/mol. The zero-order chi connectivity index (χ0) is 13.8. The van der Waals surface area contributed by atoms with Gasteiger partial charge in [-0.05, 0) is 37.0 Å². The van der Waals surface area contributed by atoms with Gasteiger partial charge in [-0.25, -0.2) is 0 Å². The fourth-order valence-electron chi connectivity index (χ4n) is 2.76. The molecule has 4 heteroatoms. The number of nitrogens with zero attached hydrogens (tertiary/aromatic N) is 1. The first-order valence-corrected chi connectivity index (χ1v) is 7.26. The van der Waals surface area contributed by atoms with Gasteiger partial charge in [-0.2, -0.15) is 0 Å². The molecule has 1 fully saturated rings. The van der Waals surface area contributed by atoms with Crippen molar-refractivity contribution < 1.29 is 4.79 Å². The maximum absolute atomic E-state index is 12.4. The van der Waals surface area contributed by atoms with E-state index in [1.165, 1.54) is 32.1 Å². The molecule has 0 aliphatic heterocycles. The lowest BCUT2D eigenvalue weighted by atomic mass is 9.89. The van der Waals surface area contributed by atoms with Crippen LogP contribution in [-0.4, -0.2) is 24.4 Å². The lowest BCUT2D eigenvalue weighted by Gasteiger charge is -2.27. The standard InChI is InChI=1S/C15H21ClN2O/c1-18(10-11-5-3-2-4-6-11)15(19)13-9-12(16)7-8-14(13)17/h7-9,11H,2-6,10,17H2,1H3. The van der Waals surface area contributed by atoms with Crippen LogP contribution in [-0.2, 0) is 0 Å². The second kappa shape index (κ2) is 6.29. The van der Waals surface area contributed by atoms with Crippen molar-refractivity contribution in [2.24, 2.45) is 5.92 Å². The molecule has 19 heavy (non-hydrogen) atoms. The molecule has 1 aliphatic carbocycles. The van der Waals surface area contributed by atoms with E-state index in [0.717, 1.165) is 6.54 Å². The zero-order valence-electron chi connectivity index (χ0n) is 11.4. The van der Waals surface area contributed by atoms with Crippen molar-refractivity contribution in [1.29, 1.82) is 0 Å². The summed E-state index contributed by atoms with van der Waals surface area (Å²) < 4.78 is 0. The quantitative estimate of drug-likeness (QED) is 0.860. The molecule has 0 saturated heterocycles. The summed E-state index contributed by atoms with van der Waals surface area (Å²) in [6.45, 7) is 0.810. The molecule has 0 unspecified atom stereocenters. The molecule has 1 amide bonds. The van der Waals surface area contributed by atoms with Gasteiger partial charge < -0.3 is 10.6 Å². The zero-order valence-corrected chi connectivity index (χ0v) is 12.1. The average Bonchev–Trinajstić information content (AvgIpc) is 2.42. The summed E-state index contributed by atoms with van der Waals surface area (Å²) in [4.78, 5) is 14.2. The first kappa shape index (κ1) is 14.2. The van der Waals surface area contributed by atoms with Crippen LogP contribution in [0.15, 0.2) is 18.2 Å². The van der Waals surface area contributed by atoms with Crippen LogP contribution in [0.4, 0.5) is 5.69 Å². The summed E-state index contributed by atoms with van der Waals surface area (Å²) in [6, 6.07) is 5.04. The first-order valence-electron chi connectivity index (χ1n) is 6.88. The molecule has 2 rings (SSSR count). The van der Waals surface area contributed by atoms with Crippen LogP contribution in [0.5, 0.6) is 0 Å². The Morgan fingerprint density at radius 1 is 1.37 bits per heavy atom. The summed E-state index contributed by atoms with van der Waals surface area (Å²) in [6.07, 6.45) is 6.35. The average molecular weight is 281 g/mol. The number of amides is 1. The largest absolute Gasteiger partial charge is 0.398 e. The number of halogens is 1. The molecule has 0 radical (unpaired) electrons. The number of carbonyl (C=O) groups is 1. The Morgan fingerprint density at radius 3 is 2.74 bits per heavy atom. The Labute approximate surface area is 119 Å². The summed E-state index contributed by atoms with van der Waals surface area (Å²) in [5, 5.41) is 0.545. The van der Waals surface area contributed by atoms with Crippen molar-refractivity contribution in [1.82, 2.24) is 4.90 Å². The molecule has 1 aliphatic rings. The number of carbonyl (C=O) groups excluding carboxylic acids is 1. The summed E-state index contributed by atoms with van der Waals surface area (Å²) in [5.74, 6) is 0.591. The number of hydrogen-bond donors (Lipinski definition) is 1. The third kappa shape index (κ3) is 3.63. The highest BCUT2D eigenvalue weighted by atomic mass is 35.5. The van der Waals surface area contributed by atoms with Gasteiger partial charge in [0.05, 0.1) is 5.56 Å². The number of benzene rings is 1. The van der Waals surface area contributed by atoms with Crippen molar-refractivity contribution in [3.63, 3.8) is 0 Å². The third-order valence-electron chi connectivity index (χ3n) is 3.85. The Kier molecular flexibility index (Phi) is 4.70. The Bertz CT molecular complexity index is 455. The van der Waals surface area contributed by atoms with E-state index in [1.807, 2.05) is 7.05 Å². The van der Waals surface area contributed by atoms with Crippen LogP contribution < -0.4 is 5.73 Å². The van der Waals surface area contributed by atoms with Gasteiger partial charge >= 0.3 is 0 Å². The maximum atomic E-state index is 12.4. The highest BCUT2D eigenvalue weighted by Gasteiger charge is 2.20. The lowest BCUT2D eigenvalue weighted by molar-refractivity contribution is 0.0761. The van der Waals surface area contributed by atoms with Gasteiger partial charge in [-0.3, -0.25) is 4.79 Å². The number of anilines is 1. The van der Waals surface area contributed by atoms with E-state index >= 15 is 0 Å². The SMILES string of the molecule is CN(CC1CCCCC1)C(=O)c1cc(Cl)ccc1N. The topological polar surface area (TPSA) is 46.3 Å². The second-order valence-corrected chi connectivity index (χ2v) is 5.86. The third-order valence-corrected chi connectivity index (χ3v) is 4.08. The minimum Gasteiger partial charge on any atom is -0.398 e. The van der Waals surface area contributed by atoms with E-state index in [-0.39, 0.29) is 5.91 Å². The molecule has 0 atom stereocenters. The molecule has 1 aromatic rings.